The Morgan fingerprint density at radius 1 is 1.23 bits per heavy atom. The zero-order valence-electron chi connectivity index (χ0n) is 7.50. The van der Waals surface area contributed by atoms with Crippen molar-refractivity contribution in [2.45, 2.75) is 12.8 Å². The molecule has 0 spiro atoms. The van der Waals surface area contributed by atoms with Crippen molar-refractivity contribution in [2.75, 3.05) is 14.2 Å². The van der Waals surface area contributed by atoms with Crippen molar-refractivity contribution in [3.63, 3.8) is 0 Å². The van der Waals surface area contributed by atoms with E-state index in [0.29, 0.717) is 12.0 Å². The molecule has 0 unspecified atom stereocenters. The number of hydrogen-bond acceptors (Lipinski definition) is 4. The summed E-state index contributed by atoms with van der Waals surface area (Å²) in [6.07, 6.45) is 0.480. The summed E-state index contributed by atoms with van der Waals surface area (Å²) in [6, 6.07) is 0. The molecule has 0 aliphatic heterocycles. The largest absolute Gasteiger partial charge is 0.469 e. The van der Waals surface area contributed by atoms with Crippen molar-refractivity contribution in [3.05, 3.63) is 10.6 Å². The molecule has 0 aliphatic rings. The van der Waals surface area contributed by atoms with Gasteiger partial charge >= 0.3 is 11.9 Å². The van der Waals surface area contributed by atoms with Crippen LogP contribution in [0.4, 0.5) is 0 Å². The van der Waals surface area contributed by atoms with Crippen LogP contribution < -0.4 is 0 Å². The van der Waals surface area contributed by atoms with E-state index in [1.165, 1.54) is 19.2 Å². The lowest BCUT2D eigenvalue weighted by Crippen LogP contribution is -2.07. The molecule has 0 rings (SSSR count). The maximum atomic E-state index is 11.0. The first-order valence-corrected chi connectivity index (χ1v) is 4.51. The van der Waals surface area contributed by atoms with Gasteiger partial charge in [-0.3, -0.25) is 4.79 Å². The summed E-state index contributed by atoms with van der Waals surface area (Å²) in [5, 5.41) is 0. The number of esters is 2. The van der Waals surface area contributed by atoms with E-state index in [0.717, 1.165) is 0 Å². The molecule has 0 N–H and O–H groups in total. The highest BCUT2D eigenvalue weighted by atomic mass is 79.9. The molecule has 74 valence electrons. The number of carbonyl (C=O) groups excluding carboxylic acids is 2. The molecule has 0 heterocycles. The monoisotopic (exact) mass is 250 g/mol. The van der Waals surface area contributed by atoms with Crippen molar-refractivity contribution in [2.24, 2.45) is 0 Å². The van der Waals surface area contributed by atoms with Crippen LogP contribution in [0.25, 0.3) is 0 Å². The van der Waals surface area contributed by atoms with Gasteiger partial charge in [0.25, 0.3) is 0 Å². The second-order valence-electron chi connectivity index (χ2n) is 2.20. The Labute approximate surface area is 85.0 Å². The van der Waals surface area contributed by atoms with Gasteiger partial charge in [0.2, 0.25) is 0 Å². The van der Waals surface area contributed by atoms with Crippen LogP contribution in [0.5, 0.6) is 0 Å². The minimum absolute atomic E-state index is 0.170. The first kappa shape index (κ1) is 12.2. The lowest BCUT2D eigenvalue weighted by atomic mass is 10.2. The summed E-state index contributed by atoms with van der Waals surface area (Å²) < 4.78 is 8.90. The summed E-state index contributed by atoms with van der Waals surface area (Å²) in [6.45, 7) is 0. The molecule has 0 aromatic rings. The van der Waals surface area contributed by atoms with Gasteiger partial charge < -0.3 is 9.47 Å². The first-order valence-electron chi connectivity index (χ1n) is 3.60. The van der Waals surface area contributed by atoms with E-state index in [2.05, 4.69) is 25.4 Å². The van der Waals surface area contributed by atoms with E-state index < -0.39 is 5.97 Å². The Hall–Kier alpha value is -0.840. The molecule has 0 aromatic carbocycles. The Morgan fingerprint density at radius 3 is 2.23 bits per heavy atom. The zero-order chi connectivity index (χ0) is 10.3. The van der Waals surface area contributed by atoms with Crippen LogP contribution in [0.2, 0.25) is 0 Å². The number of halogens is 1. The summed E-state index contributed by atoms with van der Waals surface area (Å²) in [7, 11) is 2.59. The lowest BCUT2D eigenvalue weighted by Gasteiger charge is -2.02. The van der Waals surface area contributed by atoms with Crippen molar-refractivity contribution < 1.29 is 19.1 Å². The molecule has 0 radical (unpaired) electrons. The zero-order valence-corrected chi connectivity index (χ0v) is 9.09. The van der Waals surface area contributed by atoms with Crippen molar-refractivity contribution in [3.8, 4) is 0 Å². The Balaban J connectivity index is 4.02. The van der Waals surface area contributed by atoms with E-state index in [1.807, 2.05) is 0 Å². The van der Waals surface area contributed by atoms with Gasteiger partial charge in [-0.05, 0) is 11.4 Å². The van der Waals surface area contributed by atoms with Crippen molar-refractivity contribution in [1.29, 1.82) is 0 Å². The topological polar surface area (TPSA) is 52.6 Å². The molecule has 0 saturated carbocycles. The van der Waals surface area contributed by atoms with Crippen LogP contribution in [0.3, 0.4) is 0 Å². The first-order chi connectivity index (χ1) is 6.15. The fourth-order valence-corrected chi connectivity index (χ4v) is 1.09. The maximum Gasteiger partial charge on any atom is 0.334 e. The predicted molar refractivity (Wildman–Crippen MR) is 50.3 cm³/mol. The van der Waals surface area contributed by atoms with Crippen LogP contribution in [-0.4, -0.2) is 26.2 Å². The molecule has 0 aliphatic carbocycles. The molecule has 0 amide bonds. The van der Waals surface area contributed by atoms with E-state index in [9.17, 15) is 9.59 Å². The highest BCUT2D eigenvalue weighted by Gasteiger charge is 2.11. The van der Waals surface area contributed by atoms with Crippen molar-refractivity contribution >= 4 is 27.9 Å². The summed E-state index contributed by atoms with van der Waals surface area (Å²) in [4.78, 5) is 23.1. The van der Waals surface area contributed by atoms with Crippen LogP contribution in [0.1, 0.15) is 12.8 Å². The van der Waals surface area contributed by atoms with Gasteiger partial charge in [0.1, 0.15) is 0 Å². The highest BCUT2D eigenvalue weighted by Crippen LogP contribution is 2.09. The van der Waals surface area contributed by atoms with Crippen LogP contribution in [-0.2, 0) is 19.1 Å². The Kier molecular flexibility index (Phi) is 6.22. The van der Waals surface area contributed by atoms with Gasteiger partial charge in [0.15, 0.2) is 0 Å². The molecule has 5 heteroatoms. The quantitative estimate of drug-likeness (QED) is 0.559. The molecule has 0 bridgehead atoms. The van der Waals surface area contributed by atoms with E-state index in [4.69, 9.17) is 0 Å². The van der Waals surface area contributed by atoms with E-state index in [-0.39, 0.29) is 12.4 Å². The number of carbonyl (C=O) groups is 2. The second kappa shape index (κ2) is 6.65. The smallest absolute Gasteiger partial charge is 0.334 e. The molecule has 0 saturated heterocycles. The summed E-state index contributed by atoms with van der Waals surface area (Å²) in [5.74, 6) is -0.795. The standard InChI is InChI=1S/C8H11BrO4/c1-12-7(10)4-3-6(5-9)8(11)13-2/h5H,3-4H2,1-2H3. The van der Waals surface area contributed by atoms with Gasteiger partial charge in [0.05, 0.1) is 14.2 Å². The Bertz CT molecular complexity index is 222. The van der Waals surface area contributed by atoms with Crippen LogP contribution in [0, 0.1) is 0 Å². The molecular weight excluding hydrogens is 240 g/mol. The van der Waals surface area contributed by atoms with Gasteiger partial charge in [-0.25, -0.2) is 4.79 Å². The maximum absolute atomic E-state index is 11.0. The predicted octanol–water partition coefficient (Wildman–Crippen LogP) is 1.39. The van der Waals surface area contributed by atoms with Gasteiger partial charge in [0, 0.05) is 12.0 Å². The minimum atomic E-state index is -0.444. The number of rotatable bonds is 4. The minimum Gasteiger partial charge on any atom is -0.469 e. The third-order valence-electron chi connectivity index (χ3n) is 1.41. The SMILES string of the molecule is COC(=O)CCC(=CBr)C(=O)OC. The van der Waals surface area contributed by atoms with Crippen molar-refractivity contribution in [1.82, 2.24) is 0 Å². The number of methoxy groups -OCH3 is 2. The average molecular weight is 251 g/mol. The molecule has 0 fully saturated rings. The second-order valence-corrected chi connectivity index (χ2v) is 2.66. The lowest BCUT2D eigenvalue weighted by molar-refractivity contribution is -0.140. The Morgan fingerprint density at radius 2 is 1.85 bits per heavy atom. The summed E-state index contributed by atoms with van der Waals surface area (Å²) in [5.41, 5.74) is 0.410. The molecule has 4 nitrogen and oxygen atoms in total. The molecular formula is C8H11BrO4. The molecule has 0 aromatic heterocycles. The van der Waals surface area contributed by atoms with Crippen LogP contribution in [0.15, 0.2) is 10.6 Å². The average Bonchev–Trinajstić information content (AvgIpc) is 2.17. The number of ether oxygens (including phenoxy) is 2. The summed E-state index contributed by atoms with van der Waals surface area (Å²) >= 11 is 3.01. The molecule has 0 atom stereocenters. The third-order valence-corrected chi connectivity index (χ3v) is 1.96. The molecule has 13 heavy (non-hydrogen) atoms. The fraction of sp³-hybridized carbons (Fsp3) is 0.500. The van der Waals surface area contributed by atoms with E-state index in [1.54, 1.807) is 0 Å². The number of hydrogen-bond donors (Lipinski definition) is 0. The van der Waals surface area contributed by atoms with Crippen LogP contribution >= 0.6 is 15.9 Å². The van der Waals surface area contributed by atoms with Gasteiger partial charge in [-0.15, -0.1) is 0 Å². The third kappa shape index (κ3) is 4.67. The highest BCUT2D eigenvalue weighted by molar-refractivity contribution is 9.11. The van der Waals surface area contributed by atoms with E-state index >= 15 is 0 Å². The van der Waals surface area contributed by atoms with Gasteiger partial charge in [-0.2, -0.15) is 0 Å². The normalized spacial score (nSPS) is 10.8. The van der Waals surface area contributed by atoms with Gasteiger partial charge in [-0.1, -0.05) is 15.9 Å². The fourth-order valence-electron chi connectivity index (χ4n) is 0.671.